The van der Waals surface area contributed by atoms with Crippen molar-refractivity contribution in [3.05, 3.63) is 12.2 Å². The van der Waals surface area contributed by atoms with E-state index in [-0.39, 0.29) is 5.91 Å². The van der Waals surface area contributed by atoms with Crippen molar-refractivity contribution >= 4 is 5.91 Å². The Bertz CT molecular complexity index is 375. The number of nitrogens with one attached hydrogen (secondary N) is 2. The van der Waals surface area contributed by atoms with Crippen LogP contribution >= 0.6 is 0 Å². The Balaban J connectivity index is 1.52. The highest BCUT2D eigenvalue weighted by Gasteiger charge is 2.39. The third kappa shape index (κ3) is 1.70. The highest BCUT2D eigenvalue weighted by atomic mass is 16.2. The van der Waals surface area contributed by atoms with E-state index in [1.54, 1.807) is 0 Å². The van der Waals surface area contributed by atoms with Gasteiger partial charge in [-0.3, -0.25) is 9.89 Å². The van der Waals surface area contributed by atoms with Gasteiger partial charge in [0.05, 0.1) is 0 Å². The van der Waals surface area contributed by atoms with Crippen LogP contribution in [0.4, 0.5) is 0 Å². The van der Waals surface area contributed by atoms with E-state index >= 15 is 0 Å². The van der Waals surface area contributed by atoms with Crippen molar-refractivity contribution in [2.24, 2.45) is 17.8 Å². The van der Waals surface area contributed by atoms with Crippen LogP contribution in [0, 0.1) is 17.8 Å². The molecule has 1 amide bonds. The summed E-state index contributed by atoms with van der Waals surface area (Å²) in [6.45, 7) is 0.792. The summed E-state index contributed by atoms with van der Waals surface area (Å²) in [6.07, 6.45) is 6.78. The quantitative estimate of drug-likeness (QED) is 0.797. The molecule has 2 fully saturated rings. The molecule has 3 unspecified atom stereocenters. The number of H-pyrrole nitrogens is 1. The number of amides is 1. The topological polar surface area (TPSA) is 70.7 Å². The Morgan fingerprint density at radius 2 is 2.44 bits per heavy atom. The lowest BCUT2D eigenvalue weighted by Crippen LogP contribution is -2.32. The fourth-order valence-corrected chi connectivity index (χ4v) is 3.25. The number of hydrogen-bond donors (Lipinski definition) is 2. The molecule has 5 nitrogen and oxygen atoms in total. The van der Waals surface area contributed by atoms with Gasteiger partial charge in [-0.25, -0.2) is 4.98 Å². The summed E-state index contributed by atoms with van der Waals surface area (Å²) in [5.74, 6) is 2.63. The van der Waals surface area contributed by atoms with Gasteiger partial charge < -0.3 is 5.32 Å². The summed E-state index contributed by atoms with van der Waals surface area (Å²) in [5, 5.41) is 9.18. The highest BCUT2D eigenvalue weighted by molar-refractivity contribution is 5.90. The molecule has 5 heteroatoms. The monoisotopic (exact) mass is 220 g/mol. The Kier molecular flexibility index (Phi) is 2.38. The maximum Gasteiger partial charge on any atom is 0.288 e. The second-order valence-corrected chi connectivity index (χ2v) is 4.98. The van der Waals surface area contributed by atoms with Gasteiger partial charge in [-0.2, -0.15) is 5.10 Å². The van der Waals surface area contributed by atoms with E-state index in [9.17, 15) is 4.79 Å². The van der Waals surface area contributed by atoms with E-state index in [0.29, 0.717) is 11.7 Å². The second kappa shape index (κ2) is 3.88. The van der Waals surface area contributed by atoms with Crippen LogP contribution < -0.4 is 5.32 Å². The molecule has 0 radical (unpaired) electrons. The predicted molar refractivity (Wildman–Crippen MR) is 57.7 cm³/mol. The Morgan fingerprint density at radius 3 is 3.06 bits per heavy atom. The standard InChI is InChI=1S/C11H16N4O/c16-11(10-13-6-14-15-10)12-5-9-4-7-1-2-8(9)3-7/h6-9H,1-5H2,(H,12,16)(H,13,14,15). The Labute approximate surface area is 94.0 Å². The van der Waals surface area contributed by atoms with Crippen molar-refractivity contribution in [1.29, 1.82) is 0 Å². The van der Waals surface area contributed by atoms with Crippen LogP contribution in [0.25, 0.3) is 0 Å². The minimum atomic E-state index is -0.139. The number of nitrogens with zero attached hydrogens (tertiary/aromatic N) is 2. The van der Waals surface area contributed by atoms with Crippen LogP contribution in [-0.4, -0.2) is 27.6 Å². The molecule has 1 aromatic heterocycles. The van der Waals surface area contributed by atoms with Gasteiger partial charge in [0.15, 0.2) is 0 Å². The lowest BCUT2D eigenvalue weighted by atomic mass is 9.89. The minimum absolute atomic E-state index is 0.139. The molecule has 2 N–H and O–H groups in total. The average molecular weight is 220 g/mol. The lowest BCUT2D eigenvalue weighted by Gasteiger charge is -2.21. The highest BCUT2D eigenvalue weighted by Crippen LogP contribution is 2.47. The number of carbonyl (C=O) groups is 1. The van der Waals surface area contributed by atoms with Gasteiger partial charge in [0.25, 0.3) is 5.91 Å². The van der Waals surface area contributed by atoms with Gasteiger partial charge in [0.1, 0.15) is 6.33 Å². The van der Waals surface area contributed by atoms with Crippen LogP contribution in [-0.2, 0) is 0 Å². The van der Waals surface area contributed by atoms with Gasteiger partial charge in [0, 0.05) is 6.54 Å². The van der Waals surface area contributed by atoms with Gasteiger partial charge in [0.2, 0.25) is 5.82 Å². The van der Waals surface area contributed by atoms with Crippen molar-refractivity contribution in [2.75, 3.05) is 6.54 Å². The van der Waals surface area contributed by atoms with E-state index in [1.807, 2.05) is 0 Å². The van der Waals surface area contributed by atoms with Gasteiger partial charge in [-0.05, 0) is 37.0 Å². The molecular formula is C11H16N4O. The maximum absolute atomic E-state index is 11.6. The van der Waals surface area contributed by atoms with Crippen molar-refractivity contribution in [2.45, 2.75) is 25.7 Å². The number of carbonyl (C=O) groups excluding carboxylic acids is 1. The summed E-state index contributed by atoms with van der Waals surface area (Å²) in [7, 11) is 0. The first kappa shape index (κ1) is 9.81. The van der Waals surface area contributed by atoms with Gasteiger partial charge in [-0.1, -0.05) is 6.42 Å². The van der Waals surface area contributed by atoms with E-state index in [4.69, 9.17) is 0 Å². The van der Waals surface area contributed by atoms with Crippen molar-refractivity contribution < 1.29 is 4.79 Å². The Morgan fingerprint density at radius 1 is 1.50 bits per heavy atom. The maximum atomic E-state index is 11.6. The molecule has 1 aromatic rings. The van der Waals surface area contributed by atoms with E-state index in [0.717, 1.165) is 18.4 Å². The van der Waals surface area contributed by atoms with Gasteiger partial charge in [-0.15, -0.1) is 0 Å². The summed E-state index contributed by atoms with van der Waals surface area (Å²) in [6, 6.07) is 0. The summed E-state index contributed by atoms with van der Waals surface area (Å²) in [5.41, 5.74) is 0. The first-order valence-electron chi connectivity index (χ1n) is 5.96. The molecule has 0 saturated heterocycles. The molecule has 2 bridgehead atoms. The molecule has 0 aliphatic heterocycles. The first-order chi connectivity index (χ1) is 7.83. The summed E-state index contributed by atoms with van der Waals surface area (Å²) >= 11 is 0. The van der Waals surface area contributed by atoms with Crippen LogP contribution in [0.3, 0.4) is 0 Å². The number of fused-ring (bicyclic) bond motifs is 2. The zero-order valence-electron chi connectivity index (χ0n) is 9.15. The summed E-state index contributed by atoms with van der Waals surface area (Å²) < 4.78 is 0. The number of hydrogen-bond acceptors (Lipinski definition) is 3. The molecule has 0 aromatic carbocycles. The predicted octanol–water partition coefficient (Wildman–Crippen LogP) is 0.971. The lowest BCUT2D eigenvalue weighted by molar-refractivity contribution is 0.0932. The average Bonchev–Trinajstić information content (AvgIpc) is 3.01. The molecule has 3 atom stereocenters. The van der Waals surface area contributed by atoms with Crippen molar-refractivity contribution in [3.8, 4) is 0 Å². The minimum Gasteiger partial charge on any atom is -0.349 e. The van der Waals surface area contributed by atoms with Crippen LogP contribution in [0.5, 0.6) is 0 Å². The van der Waals surface area contributed by atoms with Crippen LogP contribution in [0.15, 0.2) is 6.33 Å². The number of aromatic amines is 1. The smallest absolute Gasteiger partial charge is 0.288 e. The fraction of sp³-hybridized carbons (Fsp3) is 0.727. The molecule has 2 saturated carbocycles. The molecule has 1 heterocycles. The molecular weight excluding hydrogens is 204 g/mol. The third-order valence-electron chi connectivity index (χ3n) is 4.04. The van der Waals surface area contributed by atoms with Crippen LogP contribution in [0.1, 0.15) is 36.3 Å². The van der Waals surface area contributed by atoms with E-state index < -0.39 is 0 Å². The van der Waals surface area contributed by atoms with Crippen molar-refractivity contribution in [3.63, 3.8) is 0 Å². The normalized spacial score (nSPS) is 31.9. The molecule has 0 spiro atoms. The third-order valence-corrected chi connectivity index (χ3v) is 4.04. The second-order valence-electron chi connectivity index (χ2n) is 4.98. The molecule has 3 rings (SSSR count). The largest absolute Gasteiger partial charge is 0.349 e. The fourth-order valence-electron chi connectivity index (χ4n) is 3.25. The van der Waals surface area contributed by atoms with Gasteiger partial charge >= 0.3 is 0 Å². The van der Waals surface area contributed by atoms with Crippen molar-refractivity contribution in [1.82, 2.24) is 20.5 Å². The summed E-state index contributed by atoms with van der Waals surface area (Å²) in [4.78, 5) is 15.5. The van der Waals surface area contributed by atoms with Crippen LogP contribution in [0.2, 0.25) is 0 Å². The number of rotatable bonds is 3. The first-order valence-corrected chi connectivity index (χ1v) is 5.96. The molecule has 2 aliphatic rings. The Hall–Kier alpha value is -1.39. The zero-order chi connectivity index (χ0) is 11.0. The van der Waals surface area contributed by atoms with E-state index in [2.05, 4.69) is 20.5 Å². The zero-order valence-corrected chi connectivity index (χ0v) is 9.15. The van der Waals surface area contributed by atoms with E-state index in [1.165, 1.54) is 32.0 Å². The molecule has 86 valence electrons. The number of aromatic nitrogens is 3. The molecule has 16 heavy (non-hydrogen) atoms. The SMILES string of the molecule is O=C(NCC1CC2CCC1C2)c1ncn[nH]1. The molecule has 2 aliphatic carbocycles.